The minimum Gasteiger partial charge on any atom is -0.323 e. The SMILES string of the molecule is CC1(C2CC2)NC(=O)N(CC(=O)Nc2ccc(Cl)cn2)C1=O. The van der Waals surface area contributed by atoms with E-state index in [2.05, 4.69) is 15.6 Å². The topological polar surface area (TPSA) is 91.4 Å². The second-order valence-corrected chi connectivity index (χ2v) is 6.14. The zero-order valence-electron chi connectivity index (χ0n) is 11.9. The molecular weight excluding hydrogens is 308 g/mol. The Bertz CT molecular complexity index is 644. The van der Waals surface area contributed by atoms with Gasteiger partial charge in [-0.25, -0.2) is 9.78 Å². The Kier molecular flexibility index (Phi) is 3.52. The Labute approximate surface area is 132 Å². The van der Waals surface area contributed by atoms with Gasteiger partial charge in [0.15, 0.2) is 0 Å². The number of aromatic nitrogens is 1. The first-order valence-corrected chi connectivity index (χ1v) is 7.33. The Morgan fingerprint density at radius 3 is 2.82 bits per heavy atom. The van der Waals surface area contributed by atoms with Crippen LogP contribution in [-0.2, 0) is 9.59 Å². The number of rotatable bonds is 4. The summed E-state index contributed by atoms with van der Waals surface area (Å²) < 4.78 is 0. The van der Waals surface area contributed by atoms with Gasteiger partial charge in [-0.05, 0) is 37.8 Å². The van der Waals surface area contributed by atoms with Crippen molar-refractivity contribution in [3.63, 3.8) is 0 Å². The third-order valence-corrected chi connectivity index (χ3v) is 4.22. The standard InChI is InChI=1S/C14H15ClN4O3/c1-14(8-2-3-8)12(21)19(13(22)18-14)7-11(20)17-10-5-4-9(15)6-16-10/h4-6,8H,2-3,7H2,1H3,(H,18,22)(H,16,17,20). The Hall–Kier alpha value is -2.15. The molecule has 0 radical (unpaired) electrons. The molecule has 8 heteroatoms. The summed E-state index contributed by atoms with van der Waals surface area (Å²) >= 11 is 5.71. The Balaban J connectivity index is 1.65. The van der Waals surface area contributed by atoms with Crippen molar-refractivity contribution in [2.24, 2.45) is 5.92 Å². The second-order valence-electron chi connectivity index (χ2n) is 5.71. The quantitative estimate of drug-likeness (QED) is 0.820. The highest BCUT2D eigenvalue weighted by Crippen LogP contribution is 2.42. The van der Waals surface area contributed by atoms with E-state index in [0.29, 0.717) is 10.8 Å². The van der Waals surface area contributed by atoms with Crippen molar-refractivity contribution in [1.82, 2.24) is 15.2 Å². The van der Waals surface area contributed by atoms with Crippen molar-refractivity contribution in [1.29, 1.82) is 0 Å². The number of hydrogen-bond donors (Lipinski definition) is 2. The first-order valence-electron chi connectivity index (χ1n) is 6.95. The molecule has 1 aromatic rings. The first kappa shape index (κ1) is 14.8. The van der Waals surface area contributed by atoms with Crippen molar-refractivity contribution in [3.05, 3.63) is 23.4 Å². The third-order valence-electron chi connectivity index (χ3n) is 3.99. The van der Waals surface area contributed by atoms with Gasteiger partial charge in [0.25, 0.3) is 5.91 Å². The van der Waals surface area contributed by atoms with Crippen LogP contribution < -0.4 is 10.6 Å². The average Bonchev–Trinajstić information content (AvgIpc) is 3.28. The molecule has 0 aromatic carbocycles. The van der Waals surface area contributed by atoms with Crippen LogP contribution in [0.4, 0.5) is 10.6 Å². The Morgan fingerprint density at radius 2 is 2.23 bits per heavy atom. The number of anilines is 1. The summed E-state index contributed by atoms with van der Waals surface area (Å²) in [5.41, 5.74) is -0.879. The first-order chi connectivity index (χ1) is 10.4. The van der Waals surface area contributed by atoms with E-state index >= 15 is 0 Å². The summed E-state index contributed by atoms with van der Waals surface area (Å²) in [5, 5.41) is 5.67. The fraction of sp³-hybridized carbons (Fsp3) is 0.429. The molecule has 2 heterocycles. The van der Waals surface area contributed by atoms with Gasteiger partial charge in [-0.3, -0.25) is 14.5 Å². The highest BCUT2D eigenvalue weighted by atomic mass is 35.5. The number of imide groups is 1. The van der Waals surface area contributed by atoms with E-state index in [9.17, 15) is 14.4 Å². The lowest BCUT2D eigenvalue weighted by Gasteiger charge is -2.20. The van der Waals surface area contributed by atoms with Gasteiger partial charge in [0.1, 0.15) is 17.9 Å². The number of nitrogens with zero attached hydrogens (tertiary/aromatic N) is 2. The highest BCUT2D eigenvalue weighted by molar-refractivity contribution is 6.30. The predicted octanol–water partition coefficient (Wildman–Crippen LogP) is 1.39. The normalized spacial score (nSPS) is 24.4. The Morgan fingerprint density at radius 1 is 1.50 bits per heavy atom. The van der Waals surface area contributed by atoms with Crippen LogP contribution >= 0.6 is 11.6 Å². The van der Waals surface area contributed by atoms with E-state index in [1.54, 1.807) is 19.1 Å². The number of nitrogens with one attached hydrogen (secondary N) is 2. The maximum absolute atomic E-state index is 12.4. The molecule has 0 bridgehead atoms. The molecule has 0 spiro atoms. The van der Waals surface area contributed by atoms with Crippen LogP contribution in [0.15, 0.2) is 18.3 Å². The molecule has 7 nitrogen and oxygen atoms in total. The molecule has 116 valence electrons. The average molecular weight is 323 g/mol. The van der Waals surface area contributed by atoms with Gasteiger partial charge in [-0.2, -0.15) is 0 Å². The van der Waals surface area contributed by atoms with Gasteiger partial charge in [0.05, 0.1) is 5.02 Å². The number of hydrogen-bond acceptors (Lipinski definition) is 4. The molecule has 1 unspecified atom stereocenters. The fourth-order valence-electron chi connectivity index (χ4n) is 2.57. The van der Waals surface area contributed by atoms with E-state index < -0.39 is 17.5 Å². The van der Waals surface area contributed by atoms with E-state index in [0.717, 1.165) is 17.7 Å². The molecule has 1 atom stereocenters. The minimum absolute atomic E-state index is 0.162. The molecule has 3 rings (SSSR count). The molecule has 1 saturated heterocycles. The van der Waals surface area contributed by atoms with Crippen molar-refractivity contribution in [3.8, 4) is 0 Å². The summed E-state index contributed by atoms with van der Waals surface area (Å²) in [6, 6.07) is 2.60. The number of pyridine rings is 1. The molecule has 22 heavy (non-hydrogen) atoms. The van der Waals surface area contributed by atoms with Crippen LogP contribution in [-0.4, -0.2) is 39.8 Å². The van der Waals surface area contributed by atoms with Crippen LogP contribution in [0.3, 0.4) is 0 Å². The number of halogens is 1. The summed E-state index contributed by atoms with van der Waals surface area (Å²) in [6.45, 7) is 1.38. The number of carbonyl (C=O) groups excluding carboxylic acids is 3. The van der Waals surface area contributed by atoms with Crippen molar-refractivity contribution < 1.29 is 14.4 Å². The van der Waals surface area contributed by atoms with Gasteiger partial charge in [-0.15, -0.1) is 0 Å². The van der Waals surface area contributed by atoms with E-state index in [-0.39, 0.29) is 18.4 Å². The lowest BCUT2D eigenvalue weighted by molar-refractivity contribution is -0.134. The van der Waals surface area contributed by atoms with Crippen LogP contribution in [0.25, 0.3) is 0 Å². The zero-order chi connectivity index (χ0) is 15.9. The summed E-state index contributed by atoms with van der Waals surface area (Å²) in [5.74, 6) is -0.362. The third kappa shape index (κ3) is 2.64. The van der Waals surface area contributed by atoms with Gasteiger partial charge < -0.3 is 10.6 Å². The van der Waals surface area contributed by atoms with Crippen molar-refractivity contribution in [2.75, 3.05) is 11.9 Å². The molecule has 1 saturated carbocycles. The lowest BCUT2D eigenvalue weighted by atomic mass is 9.96. The molecule has 2 fully saturated rings. The summed E-state index contributed by atoms with van der Waals surface area (Å²) in [4.78, 5) is 41.2. The van der Waals surface area contributed by atoms with Crippen LogP contribution in [0.2, 0.25) is 5.02 Å². The molecule has 2 N–H and O–H groups in total. The maximum Gasteiger partial charge on any atom is 0.325 e. The summed E-state index contributed by atoms with van der Waals surface area (Å²) in [6.07, 6.45) is 3.23. The van der Waals surface area contributed by atoms with Crippen LogP contribution in [0.1, 0.15) is 19.8 Å². The molecule has 2 aliphatic rings. The maximum atomic E-state index is 12.4. The molecule has 1 aliphatic carbocycles. The van der Waals surface area contributed by atoms with Gasteiger partial charge >= 0.3 is 6.03 Å². The smallest absolute Gasteiger partial charge is 0.323 e. The molecule has 1 aliphatic heterocycles. The zero-order valence-corrected chi connectivity index (χ0v) is 12.7. The number of amides is 4. The fourth-order valence-corrected chi connectivity index (χ4v) is 2.68. The van der Waals surface area contributed by atoms with Crippen molar-refractivity contribution in [2.45, 2.75) is 25.3 Å². The number of carbonyl (C=O) groups is 3. The van der Waals surface area contributed by atoms with Gasteiger partial charge in [-0.1, -0.05) is 11.6 Å². The molecule has 1 aromatic heterocycles. The number of urea groups is 1. The van der Waals surface area contributed by atoms with Gasteiger partial charge in [0, 0.05) is 6.20 Å². The second kappa shape index (κ2) is 5.24. The largest absolute Gasteiger partial charge is 0.325 e. The van der Waals surface area contributed by atoms with Crippen LogP contribution in [0.5, 0.6) is 0 Å². The van der Waals surface area contributed by atoms with Crippen LogP contribution in [0, 0.1) is 5.92 Å². The molecule has 4 amide bonds. The lowest BCUT2D eigenvalue weighted by Crippen LogP contribution is -2.46. The van der Waals surface area contributed by atoms with E-state index in [1.165, 1.54) is 6.20 Å². The van der Waals surface area contributed by atoms with E-state index in [1.807, 2.05) is 0 Å². The predicted molar refractivity (Wildman–Crippen MR) is 79.3 cm³/mol. The summed E-state index contributed by atoms with van der Waals surface area (Å²) in [7, 11) is 0. The monoisotopic (exact) mass is 322 g/mol. The van der Waals surface area contributed by atoms with E-state index in [4.69, 9.17) is 11.6 Å². The van der Waals surface area contributed by atoms with Crippen molar-refractivity contribution >= 4 is 35.3 Å². The highest BCUT2D eigenvalue weighted by Gasteiger charge is 2.56. The van der Waals surface area contributed by atoms with Gasteiger partial charge in [0.2, 0.25) is 5.91 Å². The minimum atomic E-state index is -0.879. The molecular formula is C14H15ClN4O3.